The van der Waals surface area contributed by atoms with Crippen LogP contribution in [0.3, 0.4) is 0 Å². The molecular weight excluding hydrogens is 334 g/mol. The summed E-state index contributed by atoms with van der Waals surface area (Å²) in [6.07, 6.45) is 0. The molecule has 1 fully saturated rings. The molecule has 24 heavy (non-hydrogen) atoms. The Morgan fingerprint density at radius 1 is 1.21 bits per heavy atom. The lowest BCUT2D eigenvalue weighted by atomic mass is 10.2. The summed E-state index contributed by atoms with van der Waals surface area (Å²) < 4.78 is 37.4. The maximum atomic E-state index is 12.5. The maximum Gasteiger partial charge on any atom is 0.267 e. The fraction of sp³-hybridized carbons (Fsp3) is 0.333. The number of sulfonamides is 1. The number of nitrogens with zero attached hydrogens (tertiary/aromatic N) is 2. The zero-order valence-electron chi connectivity index (χ0n) is 13.3. The minimum absolute atomic E-state index is 0.0370. The van der Waals surface area contributed by atoms with Gasteiger partial charge in [-0.15, -0.1) is 0 Å². The van der Waals surface area contributed by atoms with Crippen LogP contribution in [0, 0.1) is 13.8 Å². The van der Waals surface area contributed by atoms with Crippen molar-refractivity contribution in [3.8, 4) is 0 Å². The smallest absolute Gasteiger partial charge is 0.267 e. The van der Waals surface area contributed by atoms with Gasteiger partial charge in [-0.25, -0.2) is 8.42 Å². The van der Waals surface area contributed by atoms with Crippen molar-refractivity contribution in [2.45, 2.75) is 18.7 Å². The van der Waals surface area contributed by atoms with E-state index in [1.807, 2.05) is 0 Å². The first-order chi connectivity index (χ1) is 11.4. The third kappa shape index (κ3) is 3.13. The molecular formula is C15H17N3O5S. The first-order valence-electron chi connectivity index (χ1n) is 7.32. The Morgan fingerprint density at radius 2 is 1.92 bits per heavy atom. The van der Waals surface area contributed by atoms with Crippen molar-refractivity contribution in [1.29, 1.82) is 0 Å². The van der Waals surface area contributed by atoms with Gasteiger partial charge in [-0.2, -0.15) is 0 Å². The van der Waals surface area contributed by atoms with Crippen LogP contribution < -0.4 is 9.62 Å². The molecule has 0 bridgehead atoms. The molecule has 0 atom stereocenters. The Hall–Kier alpha value is -2.39. The van der Waals surface area contributed by atoms with Crippen molar-refractivity contribution in [2.24, 2.45) is 0 Å². The SMILES string of the molecule is Cc1noc(C)c1S(=O)(=O)Nc1ccc(N2CCOCC2=O)cc1. The van der Waals surface area contributed by atoms with E-state index in [0.717, 1.165) is 0 Å². The fourth-order valence-corrected chi connectivity index (χ4v) is 3.96. The Kier molecular flexibility index (Phi) is 4.29. The highest BCUT2D eigenvalue weighted by Gasteiger charge is 2.24. The van der Waals surface area contributed by atoms with Gasteiger partial charge in [-0.05, 0) is 38.1 Å². The van der Waals surface area contributed by atoms with Crippen LogP contribution in [0.5, 0.6) is 0 Å². The molecule has 1 aromatic carbocycles. The van der Waals surface area contributed by atoms with Crippen LogP contribution in [0.4, 0.5) is 11.4 Å². The van der Waals surface area contributed by atoms with Crippen LogP contribution in [0.15, 0.2) is 33.7 Å². The van der Waals surface area contributed by atoms with Crippen molar-refractivity contribution in [3.63, 3.8) is 0 Å². The standard InChI is InChI=1S/C15H17N3O5S/c1-10-15(11(2)23-16-10)24(20,21)17-12-3-5-13(6-4-12)18-7-8-22-9-14(18)19/h3-6,17H,7-9H2,1-2H3. The van der Waals surface area contributed by atoms with Gasteiger partial charge in [0.25, 0.3) is 15.9 Å². The van der Waals surface area contributed by atoms with E-state index in [9.17, 15) is 13.2 Å². The summed E-state index contributed by atoms with van der Waals surface area (Å²) in [4.78, 5) is 13.5. The molecule has 1 aliphatic heterocycles. The second-order valence-electron chi connectivity index (χ2n) is 5.40. The number of rotatable bonds is 4. The van der Waals surface area contributed by atoms with E-state index in [4.69, 9.17) is 9.26 Å². The number of ether oxygens (including phenoxy) is 1. The van der Waals surface area contributed by atoms with E-state index >= 15 is 0 Å². The highest BCUT2D eigenvalue weighted by atomic mass is 32.2. The number of hydrogen-bond acceptors (Lipinski definition) is 6. The summed E-state index contributed by atoms with van der Waals surface area (Å²) in [6.45, 7) is 4.12. The van der Waals surface area contributed by atoms with Crippen molar-refractivity contribution in [2.75, 3.05) is 29.4 Å². The minimum Gasteiger partial charge on any atom is -0.370 e. The molecule has 0 unspecified atom stereocenters. The van der Waals surface area contributed by atoms with E-state index < -0.39 is 10.0 Å². The molecule has 0 spiro atoms. The van der Waals surface area contributed by atoms with E-state index in [-0.39, 0.29) is 23.2 Å². The maximum absolute atomic E-state index is 12.5. The highest BCUT2D eigenvalue weighted by molar-refractivity contribution is 7.92. The molecule has 0 saturated carbocycles. The number of benzene rings is 1. The van der Waals surface area contributed by atoms with Crippen molar-refractivity contribution < 1.29 is 22.5 Å². The van der Waals surface area contributed by atoms with Crippen LogP contribution in [0.1, 0.15) is 11.5 Å². The lowest BCUT2D eigenvalue weighted by Crippen LogP contribution is -2.41. The minimum atomic E-state index is -3.79. The second kappa shape index (κ2) is 6.25. The van der Waals surface area contributed by atoms with E-state index in [1.165, 1.54) is 0 Å². The molecule has 2 heterocycles. The summed E-state index contributed by atoms with van der Waals surface area (Å²) >= 11 is 0. The molecule has 1 N–H and O–H groups in total. The third-order valence-corrected chi connectivity index (χ3v) is 5.28. The predicted octanol–water partition coefficient (Wildman–Crippen LogP) is 1.46. The molecule has 2 aromatic rings. The number of amides is 1. The summed E-state index contributed by atoms with van der Waals surface area (Å²) in [7, 11) is -3.79. The van der Waals surface area contributed by atoms with Gasteiger partial charge in [0.1, 0.15) is 12.3 Å². The lowest BCUT2D eigenvalue weighted by Gasteiger charge is -2.26. The summed E-state index contributed by atoms with van der Waals surface area (Å²) in [5.41, 5.74) is 1.39. The summed E-state index contributed by atoms with van der Waals surface area (Å²) in [6, 6.07) is 6.59. The molecule has 1 aromatic heterocycles. The average molecular weight is 351 g/mol. The predicted molar refractivity (Wildman–Crippen MR) is 86.4 cm³/mol. The van der Waals surface area contributed by atoms with Gasteiger partial charge < -0.3 is 14.2 Å². The zero-order valence-corrected chi connectivity index (χ0v) is 14.1. The van der Waals surface area contributed by atoms with Gasteiger partial charge in [-0.3, -0.25) is 9.52 Å². The Labute approximate surface area is 139 Å². The highest BCUT2D eigenvalue weighted by Crippen LogP contribution is 2.24. The largest absolute Gasteiger partial charge is 0.370 e. The molecule has 1 aliphatic rings. The molecule has 3 rings (SSSR count). The third-order valence-electron chi connectivity index (χ3n) is 3.65. The number of hydrogen-bond donors (Lipinski definition) is 1. The van der Waals surface area contributed by atoms with Crippen molar-refractivity contribution in [1.82, 2.24) is 5.16 Å². The zero-order chi connectivity index (χ0) is 17.3. The lowest BCUT2D eigenvalue weighted by molar-refractivity contribution is -0.125. The van der Waals surface area contributed by atoms with Crippen molar-refractivity contribution in [3.05, 3.63) is 35.7 Å². The number of carbonyl (C=O) groups is 1. The molecule has 0 radical (unpaired) electrons. The Bertz CT molecular complexity index is 838. The summed E-state index contributed by atoms with van der Waals surface area (Å²) in [5, 5.41) is 3.66. The molecule has 8 nitrogen and oxygen atoms in total. The average Bonchev–Trinajstić information content (AvgIpc) is 2.88. The van der Waals surface area contributed by atoms with E-state index in [1.54, 1.807) is 43.0 Å². The monoisotopic (exact) mass is 351 g/mol. The van der Waals surface area contributed by atoms with Crippen LogP contribution in [-0.4, -0.2) is 39.2 Å². The molecule has 9 heteroatoms. The number of aromatic nitrogens is 1. The van der Waals surface area contributed by atoms with Gasteiger partial charge in [0.05, 0.1) is 6.61 Å². The second-order valence-corrected chi connectivity index (χ2v) is 7.02. The van der Waals surface area contributed by atoms with Crippen molar-refractivity contribution >= 4 is 27.3 Å². The summed E-state index contributed by atoms with van der Waals surface area (Å²) in [5.74, 6) is 0.112. The number of anilines is 2. The molecule has 128 valence electrons. The molecule has 0 aliphatic carbocycles. The molecule has 1 saturated heterocycles. The quantitative estimate of drug-likeness (QED) is 0.895. The van der Waals surface area contributed by atoms with Gasteiger partial charge >= 0.3 is 0 Å². The fourth-order valence-electron chi connectivity index (χ4n) is 2.56. The van der Waals surface area contributed by atoms with Gasteiger partial charge in [0.15, 0.2) is 10.7 Å². The van der Waals surface area contributed by atoms with Gasteiger partial charge in [-0.1, -0.05) is 5.16 Å². The number of morpholine rings is 1. The Balaban J connectivity index is 1.80. The van der Waals surface area contributed by atoms with E-state index in [2.05, 4.69) is 9.88 Å². The number of carbonyl (C=O) groups excluding carboxylic acids is 1. The van der Waals surface area contributed by atoms with Crippen LogP contribution in [0.25, 0.3) is 0 Å². The van der Waals surface area contributed by atoms with Crippen LogP contribution in [-0.2, 0) is 19.6 Å². The van der Waals surface area contributed by atoms with Crippen LogP contribution in [0.2, 0.25) is 0 Å². The van der Waals surface area contributed by atoms with Gasteiger partial charge in [0.2, 0.25) is 0 Å². The molecule has 1 amide bonds. The first kappa shape index (κ1) is 16.5. The topological polar surface area (TPSA) is 102 Å². The van der Waals surface area contributed by atoms with Gasteiger partial charge in [0, 0.05) is 17.9 Å². The Morgan fingerprint density at radius 3 is 2.50 bits per heavy atom. The van der Waals surface area contributed by atoms with E-state index in [0.29, 0.717) is 30.2 Å². The van der Waals surface area contributed by atoms with Crippen LogP contribution >= 0.6 is 0 Å². The first-order valence-corrected chi connectivity index (χ1v) is 8.80. The number of aryl methyl sites for hydroxylation is 2. The normalized spacial score (nSPS) is 15.6. The number of nitrogens with one attached hydrogen (secondary N) is 1.